The maximum absolute atomic E-state index is 11.5. The molecule has 0 amide bonds. The van der Waals surface area contributed by atoms with Crippen LogP contribution >= 0.6 is 0 Å². The Kier molecular flexibility index (Phi) is 3.52. The zero-order chi connectivity index (χ0) is 13.0. The van der Waals surface area contributed by atoms with E-state index in [2.05, 4.69) is 4.98 Å². The predicted octanol–water partition coefficient (Wildman–Crippen LogP) is 1.11. The maximum atomic E-state index is 11.5. The second-order valence-electron chi connectivity index (χ2n) is 3.87. The van der Waals surface area contributed by atoms with Crippen LogP contribution in [0.25, 0.3) is 0 Å². The summed E-state index contributed by atoms with van der Waals surface area (Å²) >= 11 is 0. The number of hydrogen-bond donors (Lipinski definition) is 1. The summed E-state index contributed by atoms with van der Waals surface area (Å²) in [6.45, 7) is 0.0754. The van der Waals surface area contributed by atoms with Crippen LogP contribution in [0.15, 0.2) is 53.7 Å². The van der Waals surface area contributed by atoms with Gasteiger partial charge in [-0.3, -0.25) is 14.2 Å². The molecule has 0 spiro atoms. The molecule has 0 fully saturated rings. The quantitative estimate of drug-likeness (QED) is 0.874. The molecule has 0 saturated carbocycles. The number of hydrogen-bond acceptors (Lipinski definition) is 3. The zero-order valence-electron chi connectivity index (χ0n) is 9.56. The molecule has 1 aromatic heterocycles. The molecule has 2 aromatic rings. The van der Waals surface area contributed by atoms with Crippen LogP contribution in [0.1, 0.15) is 11.5 Å². The molecule has 1 atom stereocenters. The lowest BCUT2D eigenvalue weighted by atomic mass is 9.99. The largest absolute Gasteiger partial charge is 0.481 e. The lowest BCUT2D eigenvalue weighted by molar-refractivity contribution is -0.139. The van der Waals surface area contributed by atoms with E-state index >= 15 is 0 Å². The highest BCUT2D eigenvalue weighted by Crippen LogP contribution is 2.17. The molecule has 2 rings (SSSR count). The highest BCUT2D eigenvalue weighted by molar-refractivity contribution is 5.75. The van der Waals surface area contributed by atoms with Gasteiger partial charge in [-0.25, -0.2) is 4.98 Å². The molecular weight excluding hydrogens is 232 g/mol. The van der Waals surface area contributed by atoms with E-state index < -0.39 is 11.9 Å². The Hall–Kier alpha value is -2.43. The van der Waals surface area contributed by atoms with Gasteiger partial charge in [0.2, 0.25) is 0 Å². The monoisotopic (exact) mass is 244 g/mol. The maximum Gasteiger partial charge on any atom is 0.312 e. The smallest absolute Gasteiger partial charge is 0.312 e. The molecule has 1 N–H and O–H groups in total. The third-order valence-corrected chi connectivity index (χ3v) is 2.67. The van der Waals surface area contributed by atoms with Gasteiger partial charge in [-0.05, 0) is 5.56 Å². The Balaban J connectivity index is 2.31. The molecule has 5 nitrogen and oxygen atoms in total. The van der Waals surface area contributed by atoms with Gasteiger partial charge in [-0.15, -0.1) is 0 Å². The Labute approximate surface area is 103 Å². The topological polar surface area (TPSA) is 72.2 Å². The first-order valence-corrected chi connectivity index (χ1v) is 5.46. The van der Waals surface area contributed by atoms with Crippen LogP contribution in [-0.4, -0.2) is 20.6 Å². The molecule has 1 unspecified atom stereocenters. The number of aliphatic carboxylic acids is 1. The second-order valence-corrected chi connectivity index (χ2v) is 3.87. The van der Waals surface area contributed by atoms with Gasteiger partial charge in [-0.2, -0.15) is 0 Å². The Morgan fingerprint density at radius 3 is 2.61 bits per heavy atom. The highest BCUT2D eigenvalue weighted by Gasteiger charge is 2.20. The minimum atomic E-state index is -0.961. The van der Waals surface area contributed by atoms with Gasteiger partial charge in [0.15, 0.2) is 0 Å². The van der Waals surface area contributed by atoms with Crippen molar-refractivity contribution in [1.29, 1.82) is 0 Å². The van der Waals surface area contributed by atoms with Crippen molar-refractivity contribution in [3.8, 4) is 0 Å². The van der Waals surface area contributed by atoms with E-state index in [4.69, 9.17) is 0 Å². The van der Waals surface area contributed by atoms with Crippen LogP contribution in [0.4, 0.5) is 0 Å². The molecule has 5 heteroatoms. The summed E-state index contributed by atoms with van der Waals surface area (Å²) in [4.78, 5) is 26.6. The molecular formula is C13H12N2O3. The molecule has 0 aliphatic heterocycles. The van der Waals surface area contributed by atoms with Crippen LogP contribution < -0.4 is 5.56 Å². The summed E-state index contributed by atoms with van der Waals surface area (Å²) in [5, 5.41) is 9.24. The Bertz CT molecular complexity index is 592. The van der Waals surface area contributed by atoms with Crippen molar-refractivity contribution in [2.24, 2.45) is 0 Å². The van der Waals surface area contributed by atoms with E-state index in [1.54, 1.807) is 24.3 Å². The van der Waals surface area contributed by atoms with E-state index in [1.807, 2.05) is 6.07 Å². The number of carbonyl (C=O) groups is 1. The normalized spacial score (nSPS) is 12.0. The fraction of sp³-hybridized carbons (Fsp3) is 0.154. The van der Waals surface area contributed by atoms with Crippen molar-refractivity contribution in [2.45, 2.75) is 12.5 Å². The molecule has 0 aliphatic rings. The fourth-order valence-corrected chi connectivity index (χ4v) is 1.72. The first-order valence-electron chi connectivity index (χ1n) is 5.46. The first-order chi connectivity index (χ1) is 8.68. The molecule has 1 heterocycles. The molecule has 0 radical (unpaired) electrons. The van der Waals surface area contributed by atoms with Crippen LogP contribution in [0.3, 0.4) is 0 Å². The Morgan fingerprint density at radius 1 is 1.28 bits per heavy atom. The van der Waals surface area contributed by atoms with Crippen LogP contribution in [0.5, 0.6) is 0 Å². The molecule has 18 heavy (non-hydrogen) atoms. The average molecular weight is 244 g/mol. The lowest BCUT2D eigenvalue weighted by Crippen LogP contribution is -2.26. The van der Waals surface area contributed by atoms with Crippen molar-refractivity contribution in [2.75, 3.05) is 0 Å². The molecule has 1 aromatic carbocycles. The predicted molar refractivity (Wildman–Crippen MR) is 65.3 cm³/mol. The van der Waals surface area contributed by atoms with E-state index in [0.29, 0.717) is 5.56 Å². The summed E-state index contributed by atoms with van der Waals surface area (Å²) in [5.74, 6) is -1.72. The number of rotatable bonds is 4. The van der Waals surface area contributed by atoms with Gasteiger partial charge in [0, 0.05) is 18.8 Å². The summed E-state index contributed by atoms with van der Waals surface area (Å²) in [6.07, 6.45) is 2.73. The SMILES string of the molecule is O=C(O)C(Cn1cnccc1=O)c1ccccc1. The minimum absolute atomic E-state index is 0.0754. The fourth-order valence-electron chi connectivity index (χ4n) is 1.72. The second kappa shape index (κ2) is 5.27. The van der Waals surface area contributed by atoms with Crippen molar-refractivity contribution in [3.05, 3.63) is 64.8 Å². The summed E-state index contributed by atoms with van der Waals surface area (Å²) in [6, 6.07) is 10.2. The van der Waals surface area contributed by atoms with Gasteiger partial charge < -0.3 is 5.11 Å². The summed E-state index contributed by atoms with van der Waals surface area (Å²) in [7, 11) is 0. The zero-order valence-corrected chi connectivity index (χ0v) is 9.56. The molecule has 92 valence electrons. The molecule has 0 saturated heterocycles. The van der Waals surface area contributed by atoms with Crippen molar-refractivity contribution >= 4 is 5.97 Å². The number of aromatic nitrogens is 2. The van der Waals surface area contributed by atoms with E-state index in [-0.39, 0.29) is 12.1 Å². The lowest BCUT2D eigenvalue weighted by Gasteiger charge is -2.13. The van der Waals surface area contributed by atoms with Crippen LogP contribution in [0.2, 0.25) is 0 Å². The Morgan fingerprint density at radius 2 is 2.00 bits per heavy atom. The first kappa shape index (κ1) is 12.0. The molecule has 0 bridgehead atoms. The third kappa shape index (κ3) is 2.63. The summed E-state index contributed by atoms with van der Waals surface area (Å²) in [5.41, 5.74) is 0.410. The number of benzene rings is 1. The van der Waals surface area contributed by atoms with Gasteiger partial charge in [-0.1, -0.05) is 30.3 Å². The van der Waals surface area contributed by atoms with Crippen LogP contribution in [0, 0.1) is 0 Å². The molecule has 0 aliphatic carbocycles. The van der Waals surface area contributed by atoms with Gasteiger partial charge in [0.25, 0.3) is 5.56 Å². The van der Waals surface area contributed by atoms with Crippen LogP contribution in [-0.2, 0) is 11.3 Å². The van der Waals surface area contributed by atoms with Crippen molar-refractivity contribution < 1.29 is 9.90 Å². The minimum Gasteiger partial charge on any atom is -0.481 e. The van der Waals surface area contributed by atoms with Gasteiger partial charge in [0.05, 0.1) is 12.2 Å². The van der Waals surface area contributed by atoms with Crippen molar-refractivity contribution in [1.82, 2.24) is 9.55 Å². The summed E-state index contributed by atoms with van der Waals surface area (Å²) < 4.78 is 1.30. The standard InChI is InChI=1S/C13H12N2O3/c16-12-6-7-14-9-15(12)8-11(13(17)18)10-4-2-1-3-5-10/h1-7,9,11H,8H2,(H,17,18). The number of nitrogens with zero attached hydrogens (tertiary/aromatic N) is 2. The van der Waals surface area contributed by atoms with Gasteiger partial charge >= 0.3 is 5.97 Å². The van der Waals surface area contributed by atoms with E-state index in [9.17, 15) is 14.7 Å². The third-order valence-electron chi connectivity index (χ3n) is 2.67. The number of carboxylic acid groups (broad SMARTS) is 1. The van der Waals surface area contributed by atoms with Gasteiger partial charge in [0.1, 0.15) is 0 Å². The highest BCUT2D eigenvalue weighted by atomic mass is 16.4. The van der Waals surface area contributed by atoms with Crippen molar-refractivity contribution in [3.63, 3.8) is 0 Å². The number of carboxylic acids is 1. The van der Waals surface area contributed by atoms with E-state index in [1.165, 1.54) is 23.2 Å². The average Bonchev–Trinajstić information content (AvgIpc) is 2.38. The van der Waals surface area contributed by atoms with E-state index in [0.717, 1.165) is 0 Å².